The quantitative estimate of drug-likeness (QED) is 0.0236. The molecule has 382 valence electrons. The van der Waals surface area contributed by atoms with Crippen LogP contribution in [0.2, 0.25) is 0 Å². The van der Waals surface area contributed by atoms with Gasteiger partial charge in [-0.15, -0.1) is 11.3 Å². The van der Waals surface area contributed by atoms with Crippen LogP contribution < -0.4 is 33.4 Å². The second-order valence-corrected chi connectivity index (χ2v) is 22.3. The van der Waals surface area contributed by atoms with E-state index in [1.165, 1.54) is 13.1 Å². The fourth-order valence-electron chi connectivity index (χ4n) is 4.67. The first kappa shape index (κ1) is 67.8. The van der Waals surface area contributed by atoms with Gasteiger partial charge in [-0.25, -0.2) is 26.8 Å². The fraction of sp³-hybridized carbons (Fsp3) is 0.722. The summed E-state index contributed by atoms with van der Waals surface area (Å²) in [6.07, 6.45) is 2.11. The highest BCUT2D eigenvalue weighted by molar-refractivity contribution is 7.95. The number of hydrogen-bond donors (Lipinski definition) is 14. The van der Waals surface area contributed by atoms with Crippen molar-refractivity contribution in [3.8, 4) is 0 Å². The smallest absolute Gasteiger partial charge is 0.359 e. The number of quaternary nitrogens is 2. The summed E-state index contributed by atoms with van der Waals surface area (Å²) in [6, 6.07) is -0.226. The van der Waals surface area contributed by atoms with Crippen LogP contribution in [0.15, 0.2) is 14.5 Å². The van der Waals surface area contributed by atoms with Gasteiger partial charge in [0.15, 0.2) is 22.3 Å². The second kappa shape index (κ2) is 32.8. The standard InChI is InChI=1S/C10H16N2O4S3.C7H15NO3.C6H14N2O2.C5H11NO2.C4H9N3O2.C4H9NO2S/c1-3-12-8-4-6(2)18(13,14)10-7(8)5-9(17-10)19(11,15)16;1-8(2,3)5-6(9)4-7(10)11;7-4-2-1-3-5(8)6(9)10;1-6(2,3)4-5(7)8;1-7(4(5)6)2-3(8)9;5-3(1-2-8)4(6)7/h5-6,8,12H,3-4H2,1-2H3,(H2,11,15,16);6,9H,4-5H2,1-3H3;5H,1-4,7-8H2,(H,9,10);4H2,1-3H3;2H2,1H3,(H3,5,6)(H,8,9);3,8H,1-2,5H2,(H,6,7)/p+2/t6-,8-;6-;5-;;;3-/m010..0/s1. The van der Waals surface area contributed by atoms with Crippen molar-refractivity contribution >= 4 is 79.6 Å². The van der Waals surface area contributed by atoms with Crippen LogP contribution in [0.3, 0.4) is 0 Å². The van der Waals surface area contributed by atoms with Gasteiger partial charge in [0.2, 0.25) is 10.0 Å². The van der Waals surface area contributed by atoms with E-state index in [2.05, 4.69) is 17.9 Å². The normalized spacial score (nSPS) is 16.3. The Balaban J connectivity index is -0.000000357. The fourth-order valence-corrected chi connectivity index (χ4v) is 9.36. The summed E-state index contributed by atoms with van der Waals surface area (Å²) < 4.78 is 48.3. The molecule has 0 aliphatic carbocycles. The van der Waals surface area contributed by atoms with Gasteiger partial charge in [0, 0.05) is 18.7 Å². The van der Waals surface area contributed by atoms with Crippen molar-refractivity contribution < 1.29 is 80.4 Å². The van der Waals surface area contributed by atoms with Crippen LogP contribution in [-0.4, -0.2) is 208 Å². The summed E-state index contributed by atoms with van der Waals surface area (Å²) in [7, 11) is 5.36. The number of nitrogens with two attached hydrogens (primary N) is 5. The van der Waals surface area contributed by atoms with Crippen LogP contribution in [0.5, 0.6) is 0 Å². The maximum Gasteiger partial charge on any atom is 0.359 e. The van der Waals surface area contributed by atoms with Crippen molar-refractivity contribution in [2.24, 2.45) is 28.1 Å². The zero-order valence-electron chi connectivity index (χ0n) is 38.7. The van der Waals surface area contributed by atoms with Gasteiger partial charge in [0.1, 0.15) is 39.7 Å². The number of aliphatic hydroxyl groups excluding tert-OH is 1. The molecule has 25 nitrogen and oxygen atoms in total. The molecule has 1 aliphatic rings. The number of rotatable bonds is 19. The van der Waals surface area contributed by atoms with Crippen molar-refractivity contribution in [2.75, 3.05) is 87.8 Å². The largest absolute Gasteiger partial charge is 0.481 e. The highest BCUT2D eigenvalue weighted by Gasteiger charge is 2.39. The van der Waals surface area contributed by atoms with Gasteiger partial charge in [0.25, 0.3) is 0 Å². The Morgan fingerprint density at radius 1 is 0.938 bits per heavy atom. The number of carbonyl (C=O) groups is 5. The van der Waals surface area contributed by atoms with Gasteiger partial charge < -0.3 is 72.8 Å². The Kier molecular flexibility index (Phi) is 34.3. The van der Waals surface area contributed by atoms with Crippen LogP contribution in [0, 0.1) is 5.41 Å². The number of aliphatic hydroxyl groups is 1. The van der Waals surface area contributed by atoms with Crippen LogP contribution in [-0.2, 0) is 43.8 Å². The summed E-state index contributed by atoms with van der Waals surface area (Å²) in [5.74, 6) is -4.31. The van der Waals surface area contributed by atoms with Crippen molar-refractivity contribution in [1.82, 2.24) is 10.2 Å². The van der Waals surface area contributed by atoms with Crippen LogP contribution in [0.25, 0.3) is 0 Å². The molecule has 2 rings (SSSR count). The Morgan fingerprint density at radius 3 is 1.72 bits per heavy atom. The lowest BCUT2D eigenvalue weighted by Gasteiger charge is -2.27. The molecule has 0 unspecified atom stereocenters. The average molecular weight is 1020 g/mol. The molecular weight excluding hydrogens is 941 g/mol. The maximum absolute atomic E-state index is 12.2. The number of fused-ring (bicyclic) bond motifs is 1. The molecule has 0 radical (unpaired) electrons. The molecule has 0 saturated carbocycles. The lowest BCUT2D eigenvalue weighted by atomic mass is 10.1. The minimum atomic E-state index is -3.88. The molecule has 0 spiro atoms. The molecule has 0 bridgehead atoms. The summed E-state index contributed by atoms with van der Waals surface area (Å²) in [6.45, 7) is 5.25. The second-order valence-electron chi connectivity index (χ2n) is 16.4. The molecule has 0 saturated heterocycles. The molecule has 0 aromatic carbocycles. The van der Waals surface area contributed by atoms with Crippen molar-refractivity contribution in [2.45, 2.75) is 90.3 Å². The molecule has 65 heavy (non-hydrogen) atoms. The van der Waals surface area contributed by atoms with E-state index in [-0.39, 0.29) is 39.9 Å². The predicted molar refractivity (Wildman–Crippen MR) is 250 cm³/mol. The van der Waals surface area contributed by atoms with Crippen LogP contribution in [0.1, 0.15) is 64.0 Å². The van der Waals surface area contributed by atoms with Crippen molar-refractivity contribution in [3.05, 3.63) is 11.6 Å². The van der Waals surface area contributed by atoms with E-state index in [0.717, 1.165) is 29.1 Å². The summed E-state index contributed by atoms with van der Waals surface area (Å²) >= 11 is 4.55. The first-order valence-electron chi connectivity index (χ1n) is 19.7. The van der Waals surface area contributed by atoms with Crippen LogP contribution in [0.4, 0.5) is 0 Å². The topological polar surface area (TPSA) is 444 Å². The van der Waals surface area contributed by atoms with E-state index in [1.807, 2.05) is 49.2 Å². The number of hydrogen-bond acceptors (Lipinski definition) is 17. The Bertz CT molecular complexity index is 1840. The Labute approximate surface area is 392 Å². The number of thiol groups is 1. The number of aliphatic carboxylic acids is 5. The highest BCUT2D eigenvalue weighted by atomic mass is 32.3. The number of likely N-dealkylation sites (N-methyl/N-ethyl adjacent to an activating group) is 3. The first-order chi connectivity index (χ1) is 29.3. The lowest BCUT2D eigenvalue weighted by molar-refractivity contribution is -0.873. The van der Waals surface area contributed by atoms with E-state index in [1.54, 1.807) is 6.92 Å². The molecule has 1 aromatic heterocycles. The molecule has 29 heteroatoms. The number of carboxylic acids is 5. The number of carboxylic acid groups (broad SMARTS) is 5. The van der Waals surface area contributed by atoms with E-state index >= 15 is 0 Å². The zero-order valence-corrected chi connectivity index (χ0v) is 42.1. The molecule has 2 heterocycles. The van der Waals surface area contributed by atoms with Gasteiger partial charge in [-0.2, -0.15) is 12.6 Å². The van der Waals surface area contributed by atoms with Crippen molar-refractivity contribution in [3.63, 3.8) is 0 Å². The average Bonchev–Trinajstić information content (AvgIpc) is 3.58. The van der Waals surface area contributed by atoms with Gasteiger partial charge in [-0.3, -0.25) is 24.6 Å². The molecule has 5 atom stereocenters. The third-order valence-corrected chi connectivity index (χ3v) is 13.3. The van der Waals surface area contributed by atoms with Gasteiger partial charge in [-0.1, -0.05) is 13.3 Å². The SMILES string of the molecule is CCN[C@H]1C[C@H](C)S(=O)(=O)c2sc(S(N)(=O)=O)cc21.CN(CC(=O)O)C(=N)N.C[N+](C)(C)CC(=O)O.C[N+](C)(C)C[C@H](O)CC(=O)O.NCCCC[C@H](N)C(=O)O.N[C@@H](CCS)C(=O)O. The predicted octanol–water partition coefficient (Wildman–Crippen LogP) is -1.94. The molecule has 1 aliphatic heterocycles. The number of nitrogens with one attached hydrogen (secondary N) is 2. The molecule has 0 amide bonds. The van der Waals surface area contributed by atoms with Gasteiger partial charge in [0.05, 0.1) is 54.0 Å². The van der Waals surface area contributed by atoms with Crippen LogP contribution >= 0.6 is 24.0 Å². The Morgan fingerprint density at radius 2 is 1.43 bits per heavy atom. The zero-order chi connectivity index (χ0) is 52.3. The first-order valence-corrected chi connectivity index (χ1v) is 24.3. The molecule has 0 fully saturated rings. The molecule has 18 N–H and O–H groups in total. The minimum Gasteiger partial charge on any atom is -0.481 e. The number of primary sulfonamides is 1. The van der Waals surface area contributed by atoms with E-state index in [0.29, 0.717) is 59.2 Å². The lowest BCUT2D eigenvalue weighted by Crippen LogP contribution is -2.42. The number of sulfone groups is 1. The molecular formula is C36H76N10O15S4+2. The highest BCUT2D eigenvalue weighted by Crippen LogP contribution is 2.42. The number of sulfonamides is 1. The van der Waals surface area contributed by atoms with Gasteiger partial charge >= 0.3 is 29.8 Å². The molecule has 1 aromatic rings. The maximum atomic E-state index is 12.2. The third kappa shape index (κ3) is 36.1. The summed E-state index contributed by atoms with van der Waals surface area (Å²) in [4.78, 5) is 51.2. The summed E-state index contributed by atoms with van der Waals surface area (Å²) in [5.41, 5.74) is 21.0. The number of nitrogens with zero attached hydrogens (tertiary/aromatic N) is 3. The summed E-state index contributed by atoms with van der Waals surface area (Å²) in [5, 5.41) is 64.8. The van der Waals surface area contributed by atoms with Gasteiger partial charge in [-0.05, 0) is 57.5 Å². The number of unbranched alkanes of at least 4 members (excludes halogenated alkanes) is 1. The number of thiophene rings is 1. The third-order valence-electron chi connectivity index (χ3n) is 7.77. The van der Waals surface area contributed by atoms with E-state index in [4.69, 9.17) is 64.1 Å². The monoisotopic (exact) mass is 1020 g/mol. The van der Waals surface area contributed by atoms with Crippen molar-refractivity contribution in [1.29, 1.82) is 5.41 Å². The minimum absolute atomic E-state index is 0.0990. The van der Waals surface area contributed by atoms with E-state index in [9.17, 15) is 40.8 Å². The Hall–Kier alpha value is -3.75. The number of guanidine groups is 1. The van der Waals surface area contributed by atoms with E-state index < -0.39 is 73.1 Å².